The maximum absolute atomic E-state index is 13.6. The Morgan fingerprint density at radius 1 is 1.00 bits per heavy atom. The second-order valence-electron chi connectivity index (χ2n) is 9.25. The maximum Gasteiger partial charge on any atom is 0.282 e. The third kappa shape index (κ3) is 5.88. The first-order valence-electron chi connectivity index (χ1n) is 13.0. The van der Waals surface area contributed by atoms with E-state index in [0.717, 1.165) is 29.0 Å². The van der Waals surface area contributed by atoms with Gasteiger partial charge in [0.05, 0.1) is 27.3 Å². The number of halogens is 3. The molecule has 0 saturated carbocycles. The fourth-order valence-corrected chi connectivity index (χ4v) is 6.40. The molecule has 0 spiro atoms. The second-order valence-corrected chi connectivity index (χ2v) is 12.2. The Morgan fingerprint density at radius 2 is 1.81 bits per heavy atom. The Morgan fingerprint density at radius 3 is 2.62 bits per heavy atom. The lowest BCUT2D eigenvalue weighted by Gasteiger charge is -2.15. The highest BCUT2D eigenvalue weighted by Gasteiger charge is 2.17. The molecule has 42 heavy (non-hydrogen) atoms. The molecule has 0 aliphatic heterocycles. The summed E-state index contributed by atoms with van der Waals surface area (Å²) >= 11 is 9.30. The van der Waals surface area contributed by atoms with Crippen LogP contribution in [0.25, 0.3) is 33.5 Å². The van der Waals surface area contributed by atoms with Crippen molar-refractivity contribution in [2.75, 3.05) is 6.61 Å². The zero-order valence-electron chi connectivity index (χ0n) is 22.2. The van der Waals surface area contributed by atoms with E-state index in [4.69, 9.17) is 18.9 Å². The van der Waals surface area contributed by atoms with Crippen LogP contribution in [0, 0.1) is 3.57 Å². The smallest absolute Gasteiger partial charge is 0.282 e. The Balaban J connectivity index is 1.39. The summed E-state index contributed by atoms with van der Waals surface area (Å²) in [6, 6.07) is 26.5. The van der Waals surface area contributed by atoms with Crippen molar-refractivity contribution in [2.24, 2.45) is 5.10 Å². The molecule has 0 bridgehead atoms. The van der Waals surface area contributed by atoms with Gasteiger partial charge in [-0.25, -0.2) is 4.98 Å². The number of hydrogen-bond donors (Lipinski definition) is 0. The van der Waals surface area contributed by atoms with Crippen LogP contribution in [0.2, 0.25) is 0 Å². The van der Waals surface area contributed by atoms with Gasteiger partial charge in [-0.1, -0.05) is 68.3 Å². The molecule has 7 nitrogen and oxygen atoms in total. The van der Waals surface area contributed by atoms with Gasteiger partial charge in [-0.2, -0.15) is 9.78 Å². The van der Waals surface area contributed by atoms with Gasteiger partial charge < -0.3 is 13.9 Å². The van der Waals surface area contributed by atoms with Crippen LogP contribution >= 0.6 is 54.5 Å². The number of furan rings is 1. The molecule has 4 aromatic carbocycles. The zero-order chi connectivity index (χ0) is 29.2. The average molecular weight is 799 g/mol. The summed E-state index contributed by atoms with van der Waals surface area (Å²) in [5.41, 5.74) is 2.70. The van der Waals surface area contributed by atoms with E-state index in [-0.39, 0.29) is 5.56 Å². The molecular formula is C32H22Br2IN3O4. The lowest BCUT2D eigenvalue weighted by atomic mass is 10.2. The second kappa shape index (κ2) is 12.4. The quantitative estimate of drug-likeness (QED) is 0.114. The van der Waals surface area contributed by atoms with Gasteiger partial charge in [0.2, 0.25) is 5.82 Å². The van der Waals surface area contributed by atoms with Crippen LogP contribution in [-0.4, -0.2) is 22.5 Å². The lowest BCUT2D eigenvalue weighted by molar-refractivity contribution is 0.267. The Kier molecular flexibility index (Phi) is 8.45. The predicted molar refractivity (Wildman–Crippen MR) is 181 cm³/mol. The van der Waals surface area contributed by atoms with E-state index in [1.807, 2.05) is 79.7 Å². The van der Waals surface area contributed by atoms with Crippen LogP contribution in [0.3, 0.4) is 0 Å². The molecule has 2 aromatic heterocycles. The van der Waals surface area contributed by atoms with Gasteiger partial charge in [0, 0.05) is 19.9 Å². The molecule has 0 N–H and O–H groups in total. The number of aromatic nitrogens is 2. The summed E-state index contributed by atoms with van der Waals surface area (Å²) < 4.78 is 22.3. The molecule has 0 amide bonds. The van der Waals surface area contributed by atoms with Crippen molar-refractivity contribution in [3.63, 3.8) is 0 Å². The summed E-state index contributed by atoms with van der Waals surface area (Å²) in [5.74, 6) is 1.98. The predicted octanol–water partition coefficient (Wildman–Crippen LogP) is 8.80. The van der Waals surface area contributed by atoms with E-state index in [9.17, 15) is 4.79 Å². The first-order valence-corrected chi connectivity index (χ1v) is 15.7. The van der Waals surface area contributed by atoms with E-state index < -0.39 is 0 Å². The summed E-state index contributed by atoms with van der Waals surface area (Å²) in [6.07, 6.45) is 1.61. The van der Waals surface area contributed by atoms with Crippen LogP contribution in [-0.2, 0) is 6.61 Å². The fourth-order valence-electron chi connectivity index (χ4n) is 4.46. The van der Waals surface area contributed by atoms with Crippen LogP contribution in [0.1, 0.15) is 18.1 Å². The van der Waals surface area contributed by atoms with E-state index in [1.165, 1.54) is 4.68 Å². The SMILES string of the molecule is CCOc1cc(C=Nn2c(-c3cc4ccccc4o3)nc3ccccc3c2=O)cc(I)c1OCc1ccc(Br)cc1Br. The molecule has 6 aromatic rings. The highest BCUT2D eigenvalue weighted by atomic mass is 127. The van der Waals surface area contributed by atoms with Crippen molar-refractivity contribution in [1.82, 2.24) is 9.66 Å². The summed E-state index contributed by atoms with van der Waals surface area (Å²) in [5, 5.41) is 5.97. The van der Waals surface area contributed by atoms with E-state index in [0.29, 0.717) is 52.8 Å². The first-order chi connectivity index (χ1) is 20.4. The molecular weight excluding hydrogens is 777 g/mol. The molecule has 0 atom stereocenters. The van der Waals surface area contributed by atoms with Gasteiger partial charge >= 0.3 is 0 Å². The molecule has 10 heteroatoms. The number of rotatable bonds is 8. The zero-order valence-corrected chi connectivity index (χ0v) is 27.5. The maximum atomic E-state index is 13.6. The molecule has 6 rings (SSSR count). The largest absolute Gasteiger partial charge is 0.490 e. The summed E-state index contributed by atoms with van der Waals surface area (Å²) in [4.78, 5) is 18.4. The first kappa shape index (κ1) is 28.6. The van der Waals surface area contributed by atoms with Gasteiger partial charge in [-0.05, 0) is 83.6 Å². The van der Waals surface area contributed by atoms with E-state index in [1.54, 1.807) is 18.3 Å². The van der Waals surface area contributed by atoms with Gasteiger partial charge in [-0.15, -0.1) is 0 Å². The minimum Gasteiger partial charge on any atom is -0.490 e. The monoisotopic (exact) mass is 797 g/mol. The van der Waals surface area contributed by atoms with Crippen molar-refractivity contribution in [3.8, 4) is 23.1 Å². The molecule has 0 fully saturated rings. The third-order valence-corrected chi connectivity index (χ3v) is 8.47. The van der Waals surface area contributed by atoms with E-state index >= 15 is 0 Å². The third-order valence-electron chi connectivity index (χ3n) is 6.44. The number of benzene rings is 4. The lowest BCUT2D eigenvalue weighted by Crippen LogP contribution is -2.20. The number of nitrogens with zero attached hydrogens (tertiary/aromatic N) is 3. The van der Waals surface area contributed by atoms with Gasteiger partial charge in [0.15, 0.2) is 17.3 Å². The van der Waals surface area contributed by atoms with Gasteiger partial charge in [0.25, 0.3) is 5.56 Å². The van der Waals surface area contributed by atoms with Crippen molar-refractivity contribution < 1.29 is 13.9 Å². The van der Waals surface area contributed by atoms with Crippen molar-refractivity contribution in [1.29, 1.82) is 0 Å². The molecule has 0 aliphatic rings. The van der Waals surface area contributed by atoms with E-state index in [2.05, 4.69) is 59.6 Å². The Hall–Kier alpha value is -3.48. The molecule has 0 unspecified atom stereocenters. The highest BCUT2D eigenvalue weighted by Crippen LogP contribution is 2.35. The number of para-hydroxylation sites is 2. The number of hydrogen-bond acceptors (Lipinski definition) is 6. The van der Waals surface area contributed by atoms with Gasteiger partial charge in [0.1, 0.15) is 12.2 Å². The van der Waals surface area contributed by atoms with Crippen LogP contribution in [0.15, 0.2) is 108 Å². The van der Waals surface area contributed by atoms with Crippen molar-refractivity contribution in [3.05, 3.63) is 119 Å². The number of fused-ring (bicyclic) bond motifs is 2. The minimum atomic E-state index is -0.299. The van der Waals surface area contributed by atoms with Gasteiger partial charge in [-0.3, -0.25) is 4.79 Å². The van der Waals surface area contributed by atoms with Crippen LogP contribution < -0.4 is 15.0 Å². The summed E-state index contributed by atoms with van der Waals surface area (Å²) in [7, 11) is 0. The number of ether oxygens (including phenoxy) is 2. The van der Waals surface area contributed by atoms with Crippen molar-refractivity contribution in [2.45, 2.75) is 13.5 Å². The normalized spacial score (nSPS) is 11.5. The van der Waals surface area contributed by atoms with Crippen molar-refractivity contribution >= 4 is 82.5 Å². The Labute approximate surface area is 271 Å². The average Bonchev–Trinajstić information content (AvgIpc) is 3.41. The molecule has 0 radical (unpaired) electrons. The summed E-state index contributed by atoms with van der Waals surface area (Å²) in [6.45, 7) is 2.73. The molecule has 210 valence electrons. The standard InChI is InChI=1S/C32H22Br2IN3O4/c1-2-40-28-14-19(13-25(35)30(28)41-18-21-11-12-22(33)16-24(21)34)17-36-38-31(29-15-20-7-3-6-10-27(20)42-29)37-26-9-5-4-8-23(26)32(38)39/h3-17H,2,18H2,1H3. The van der Waals surface area contributed by atoms with Crippen LogP contribution in [0.4, 0.5) is 0 Å². The molecule has 0 saturated heterocycles. The Bertz CT molecular complexity index is 2000. The highest BCUT2D eigenvalue weighted by molar-refractivity contribution is 14.1. The molecule has 0 aliphatic carbocycles. The molecule has 2 heterocycles. The topological polar surface area (TPSA) is 78.9 Å². The fraction of sp³-hybridized carbons (Fsp3) is 0.0938. The van der Waals surface area contributed by atoms with Crippen LogP contribution in [0.5, 0.6) is 11.5 Å². The minimum absolute atomic E-state index is 0.299.